The Balaban J connectivity index is 1.78. The lowest BCUT2D eigenvalue weighted by Crippen LogP contribution is -2.34. The molecule has 3 aromatic rings. The standard InChI is InChI=1S/C20H28FN7O/c1-12(2)23-20(29)26-17-11-22-27-18(17)19-24-15-9-13(7-5-6-8-28(3)4)14(21)10-16(15)25-19/h9-12H,5-8H2,1-4H3,(H,22,27)(H,24,25)(H2,23,26,29). The lowest BCUT2D eigenvalue weighted by Gasteiger charge is -2.09. The minimum atomic E-state index is -0.329. The van der Waals surface area contributed by atoms with E-state index >= 15 is 0 Å². The molecule has 4 N–H and O–H groups in total. The Labute approximate surface area is 169 Å². The third-order valence-corrected chi connectivity index (χ3v) is 4.48. The molecule has 29 heavy (non-hydrogen) atoms. The lowest BCUT2D eigenvalue weighted by molar-refractivity contribution is 0.250. The van der Waals surface area contributed by atoms with Crippen LogP contribution in [0.1, 0.15) is 32.3 Å². The average Bonchev–Trinajstić information content (AvgIpc) is 3.23. The molecule has 0 spiro atoms. The van der Waals surface area contributed by atoms with Crippen molar-refractivity contribution in [2.45, 2.75) is 39.2 Å². The molecule has 0 aliphatic rings. The van der Waals surface area contributed by atoms with Crippen LogP contribution in [0.25, 0.3) is 22.6 Å². The number of amides is 2. The number of halogens is 1. The molecule has 0 bridgehead atoms. The fraction of sp³-hybridized carbons (Fsp3) is 0.450. The van der Waals surface area contributed by atoms with Crippen molar-refractivity contribution in [2.75, 3.05) is 26.0 Å². The summed E-state index contributed by atoms with van der Waals surface area (Å²) in [4.78, 5) is 21.7. The van der Waals surface area contributed by atoms with Crippen LogP contribution in [0.5, 0.6) is 0 Å². The number of hydrogen-bond acceptors (Lipinski definition) is 4. The maximum atomic E-state index is 14.5. The molecular formula is C20H28FN7O. The molecule has 9 heteroatoms. The van der Waals surface area contributed by atoms with Crippen molar-refractivity contribution in [3.63, 3.8) is 0 Å². The molecule has 0 aliphatic carbocycles. The van der Waals surface area contributed by atoms with E-state index in [4.69, 9.17) is 0 Å². The number of aromatic nitrogens is 4. The highest BCUT2D eigenvalue weighted by Crippen LogP contribution is 2.27. The minimum absolute atomic E-state index is 0.00988. The van der Waals surface area contributed by atoms with Gasteiger partial charge in [0.1, 0.15) is 5.82 Å². The van der Waals surface area contributed by atoms with Crippen LogP contribution in [0.15, 0.2) is 18.3 Å². The van der Waals surface area contributed by atoms with Gasteiger partial charge in [-0.1, -0.05) is 0 Å². The zero-order chi connectivity index (χ0) is 21.0. The van der Waals surface area contributed by atoms with Crippen LogP contribution in [0.3, 0.4) is 0 Å². The number of fused-ring (bicyclic) bond motifs is 1. The Morgan fingerprint density at radius 2 is 2.07 bits per heavy atom. The zero-order valence-electron chi connectivity index (χ0n) is 17.3. The van der Waals surface area contributed by atoms with E-state index in [1.165, 1.54) is 6.07 Å². The number of urea groups is 1. The number of rotatable bonds is 8. The highest BCUT2D eigenvalue weighted by molar-refractivity contribution is 5.93. The minimum Gasteiger partial charge on any atom is -0.337 e. The predicted molar refractivity (Wildman–Crippen MR) is 112 cm³/mol. The first-order valence-electron chi connectivity index (χ1n) is 9.78. The number of anilines is 1. The van der Waals surface area contributed by atoms with Gasteiger partial charge in [0.15, 0.2) is 11.5 Å². The maximum Gasteiger partial charge on any atom is 0.319 e. The van der Waals surface area contributed by atoms with E-state index in [2.05, 4.69) is 35.7 Å². The SMILES string of the molecule is CC(C)NC(=O)Nc1c[nH]nc1-c1nc2cc(F)c(CCCCN(C)C)cc2[nH]1. The molecule has 0 saturated carbocycles. The van der Waals surface area contributed by atoms with Gasteiger partial charge in [-0.25, -0.2) is 14.2 Å². The monoisotopic (exact) mass is 401 g/mol. The fourth-order valence-electron chi connectivity index (χ4n) is 3.11. The maximum absolute atomic E-state index is 14.5. The van der Waals surface area contributed by atoms with Crippen molar-refractivity contribution in [3.8, 4) is 11.5 Å². The summed E-state index contributed by atoms with van der Waals surface area (Å²) in [5, 5.41) is 12.4. The van der Waals surface area contributed by atoms with Gasteiger partial charge in [-0.2, -0.15) is 5.10 Å². The molecule has 0 saturated heterocycles. The van der Waals surface area contributed by atoms with Gasteiger partial charge < -0.3 is 20.5 Å². The molecule has 1 aromatic carbocycles. The number of H-pyrrole nitrogens is 2. The Morgan fingerprint density at radius 3 is 2.79 bits per heavy atom. The zero-order valence-corrected chi connectivity index (χ0v) is 17.3. The quantitative estimate of drug-likeness (QED) is 0.434. The number of unbranched alkanes of at least 4 members (excludes halogenated alkanes) is 1. The second-order valence-corrected chi connectivity index (χ2v) is 7.71. The molecule has 0 fully saturated rings. The van der Waals surface area contributed by atoms with Crippen molar-refractivity contribution in [1.82, 2.24) is 30.4 Å². The van der Waals surface area contributed by atoms with E-state index in [9.17, 15) is 9.18 Å². The van der Waals surface area contributed by atoms with Crippen LogP contribution in [-0.4, -0.2) is 57.8 Å². The van der Waals surface area contributed by atoms with Crippen LogP contribution in [-0.2, 0) is 6.42 Å². The first kappa shape index (κ1) is 20.8. The van der Waals surface area contributed by atoms with Crippen molar-refractivity contribution in [1.29, 1.82) is 0 Å². The Kier molecular flexibility index (Phi) is 6.48. The van der Waals surface area contributed by atoms with Gasteiger partial charge >= 0.3 is 6.03 Å². The molecular weight excluding hydrogens is 373 g/mol. The van der Waals surface area contributed by atoms with E-state index in [1.807, 2.05) is 34.0 Å². The molecule has 0 aliphatic heterocycles. The van der Waals surface area contributed by atoms with Crippen LogP contribution in [0.2, 0.25) is 0 Å². The van der Waals surface area contributed by atoms with Crippen molar-refractivity contribution >= 4 is 22.8 Å². The normalized spacial score (nSPS) is 11.6. The summed E-state index contributed by atoms with van der Waals surface area (Å²) in [7, 11) is 4.06. The summed E-state index contributed by atoms with van der Waals surface area (Å²) in [6.07, 6.45) is 4.19. The smallest absolute Gasteiger partial charge is 0.319 e. The topological polar surface area (TPSA) is 102 Å². The average molecular weight is 401 g/mol. The molecule has 0 radical (unpaired) electrons. The van der Waals surface area contributed by atoms with E-state index in [0.29, 0.717) is 34.7 Å². The largest absolute Gasteiger partial charge is 0.337 e. The van der Waals surface area contributed by atoms with Gasteiger partial charge in [0.2, 0.25) is 0 Å². The lowest BCUT2D eigenvalue weighted by atomic mass is 10.1. The number of carbonyl (C=O) groups excluding carboxylic acids is 1. The number of aromatic amines is 2. The molecule has 2 amide bonds. The second-order valence-electron chi connectivity index (χ2n) is 7.71. The summed E-state index contributed by atoms with van der Waals surface area (Å²) < 4.78 is 14.5. The van der Waals surface area contributed by atoms with Gasteiger partial charge in [-0.05, 0) is 65.4 Å². The van der Waals surface area contributed by atoms with Gasteiger partial charge in [-0.15, -0.1) is 0 Å². The van der Waals surface area contributed by atoms with Gasteiger partial charge in [0.25, 0.3) is 0 Å². The Hall–Kier alpha value is -2.94. The number of benzene rings is 1. The van der Waals surface area contributed by atoms with Crippen LogP contribution < -0.4 is 10.6 Å². The van der Waals surface area contributed by atoms with Gasteiger partial charge in [0.05, 0.1) is 16.7 Å². The summed E-state index contributed by atoms with van der Waals surface area (Å²) >= 11 is 0. The van der Waals surface area contributed by atoms with Crippen LogP contribution in [0, 0.1) is 5.82 Å². The number of hydrogen-bond donors (Lipinski definition) is 4. The van der Waals surface area contributed by atoms with E-state index in [1.54, 1.807) is 6.20 Å². The number of aryl methyl sites for hydroxylation is 1. The molecule has 3 rings (SSSR count). The molecule has 2 heterocycles. The Morgan fingerprint density at radius 1 is 1.28 bits per heavy atom. The van der Waals surface area contributed by atoms with E-state index in [-0.39, 0.29) is 17.9 Å². The summed E-state index contributed by atoms with van der Waals surface area (Å²) in [5.74, 6) is 0.211. The van der Waals surface area contributed by atoms with Gasteiger partial charge in [0, 0.05) is 18.3 Å². The van der Waals surface area contributed by atoms with E-state index < -0.39 is 0 Å². The number of nitrogens with zero attached hydrogens (tertiary/aromatic N) is 3. The second kappa shape index (κ2) is 9.04. The van der Waals surface area contributed by atoms with Crippen LogP contribution >= 0.6 is 0 Å². The van der Waals surface area contributed by atoms with Crippen molar-refractivity contribution in [2.24, 2.45) is 0 Å². The summed E-state index contributed by atoms with van der Waals surface area (Å²) in [6.45, 7) is 4.74. The molecule has 0 atom stereocenters. The molecule has 156 valence electrons. The highest BCUT2D eigenvalue weighted by atomic mass is 19.1. The fourth-order valence-corrected chi connectivity index (χ4v) is 3.11. The molecule has 8 nitrogen and oxygen atoms in total. The van der Waals surface area contributed by atoms with Crippen LogP contribution in [0.4, 0.5) is 14.9 Å². The number of carbonyl (C=O) groups is 1. The third-order valence-electron chi connectivity index (χ3n) is 4.48. The van der Waals surface area contributed by atoms with E-state index in [0.717, 1.165) is 24.9 Å². The highest BCUT2D eigenvalue weighted by Gasteiger charge is 2.16. The molecule has 0 unspecified atom stereocenters. The number of nitrogens with one attached hydrogen (secondary N) is 4. The van der Waals surface area contributed by atoms with Crippen molar-refractivity contribution < 1.29 is 9.18 Å². The first-order chi connectivity index (χ1) is 13.8. The summed E-state index contributed by atoms with van der Waals surface area (Å²) in [5.41, 5.74) is 2.89. The molecule has 2 aromatic heterocycles. The predicted octanol–water partition coefficient (Wildman–Crippen LogP) is 3.51. The van der Waals surface area contributed by atoms with Crippen molar-refractivity contribution in [3.05, 3.63) is 29.7 Å². The summed E-state index contributed by atoms with van der Waals surface area (Å²) in [6, 6.07) is 2.93. The third kappa shape index (κ3) is 5.32. The first-order valence-corrected chi connectivity index (χ1v) is 9.78. The number of imidazole rings is 1. The van der Waals surface area contributed by atoms with Gasteiger partial charge in [-0.3, -0.25) is 5.10 Å². The Bertz CT molecular complexity index is 977.